The van der Waals surface area contributed by atoms with Gasteiger partial charge in [-0.05, 0) is 11.6 Å². The number of thioether (sulfide) groups is 1. The lowest BCUT2D eigenvalue weighted by molar-refractivity contribution is -0.121. The van der Waals surface area contributed by atoms with Crippen LogP contribution in [0.1, 0.15) is 5.56 Å². The van der Waals surface area contributed by atoms with E-state index in [0.717, 1.165) is 5.56 Å². The Bertz CT molecular complexity index is 505. The zero-order valence-electron chi connectivity index (χ0n) is 9.29. The van der Waals surface area contributed by atoms with Crippen molar-refractivity contribution in [2.24, 2.45) is 0 Å². The number of thiocarbonyl (C=S) groups is 1. The number of hydrogen-bond donors (Lipinski definition) is 0. The second-order valence-electron chi connectivity index (χ2n) is 3.53. The Balaban J connectivity index is 2.10. The maximum atomic E-state index is 11.7. The second kappa shape index (κ2) is 5.29. The summed E-state index contributed by atoms with van der Waals surface area (Å²) in [7, 11) is 1.69. The summed E-state index contributed by atoms with van der Waals surface area (Å²) < 4.78 is 0.606. The molecule has 0 saturated carbocycles. The van der Waals surface area contributed by atoms with Gasteiger partial charge in [-0.1, -0.05) is 66.5 Å². The van der Waals surface area contributed by atoms with Gasteiger partial charge >= 0.3 is 0 Å². The van der Waals surface area contributed by atoms with Gasteiger partial charge in [-0.2, -0.15) is 0 Å². The van der Waals surface area contributed by atoms with Gasteiger partial charge in [0, 0.05) is 7.05 Å². The average Bonchev–Trinajstić information content (AvgIpc) is 2.59. The molecule has 1 aromatic rings. The fraction of sp³-hybridized carbons (Fsp3) is 0.0769. The molecule has 2 nitrogen and oxygen atoms in total. The third-order valence-corrected chi connectivity index (χ3v) is 3.83. The summed E-state index contributed by atoms with van der Waals surface area (Å²) in [6.07, 6.45) is 5.63. The Kier molecular flexibility index (Phi) is 3.76. The standard InChI is InChI=1S/C13H11NOS2/c1-14-12(15)11(17-13(14)16)9-5-8-10-6-3-2-4-7-10/h2-9H,1H3/b8-5+,11-9-. The summed E-state index contributed by atoms with van der Waals surface area (Å²) in [5, 5.41) is 0. The summed E-state index contributed by atoms with van der Waals surface area (Å²) in [4.78, 5) is 13.8. The minimum Gasteiger partial charge on any atom is -0.296 e. The Labute approximate surface area is 110 Å². The number of carbonyl (C=O) groups is 1. The first-order chi connectivity index (χ1) is 8.18. The number of amides is 1. The molecule has 0 spiro atoms. The fourth-order valence-electron chi connectivity index (χ4n) is 1.37. The molecule has 86 valence electrons. The molecule has 1 fully saturated rings. The van der Waals surface area contributed by atoms with Gasteiger partial charge in [-0.3, -0.25) is 9.69 Å². The summed E-state index contributed by atoms with van der Waals surface area (Å²) in [5.74, 6) is -0.0299. The van der Waals surface area contributed by atoms with Crippen molar-refractivity contribution in [2.45, 2.75) is 0 Å². The van der Waals surface area contributed by atoms with E-state index < -0.39 is 0 Å². The molecule has 1 aliphatic rings. The van der Waals surface area contributed by atoms with E-state index in [4.69, 9.17) is 12.2 Å². The zero-order chi connectivity index (χ0) is 12.3. The van der Waals surface area contributed by atoms with Gasteiger partial charge in [0.15, 0.2) is 0 Å². The van der Waals surface area contributed by atoms with Crippen LogP contribution in [-0.2, 0) is 4.79 Å². The van der Waals surface area contributed by atoms with E-state index in [-0.39, 0.29) is 5.91 Å². The summed E-state index contributed by atoms with van der Waals surface area (Å²) in [6.45, 7) is 0. The van der Waals surface area contributed by atoms with Crippen LogP contribution in [0.25, 0.3) is 6.08 Å². The summed E-state index contributed by atoms with van der Waals surface area (Å²) >= 11 is 6.38. The molecule has 1 aliphatic heterocycles. The predicted molar refractivity (Wildman–Crippen MR) is 76.5 cm³/mol. The Morgan fingerprint density at radius 2 is 2.00 bits per heavy atom. The second-order valence-corrected chi connectivity index (χ2v) is 5.21. The number of hydrogen-bond acceptors (Lipinski definition) is 3. The normalized spacial score (nSPS) is 18.6. The maximum absolute atomic E-state index is 11.7. The van der Waals surface area contributed by atoms with Crippen LogP contribution < -0.4 is 0 Å². The van der Waals surface area contributed by atoms with Crippen LogP contribution in [0.5, 0.6) is 0 Å². The molecule has 1 heterocycles. The van der Waals surface area contributed by atoms with E-state index in [9.17, 15) is 4.79 Å². The zero-order valence-corrected chi connectivity index (χ0v) is 10.9. The van der Waals surface area contributed by atoms with Crippen LogP contribution in [0.15, 0.2) is 47.4 Å². The lowest BCUT2D eigenvalue weighted by Gasteiger charge is -2.03. The molecular formula is C13H11NOS2. The van der Waals surface area contributed by atoms with Crippen LogP contribution in [0, 0.1) is 0 Å². The largest absolute Gasteiger partial charge is 0.296 e. The van der Waals surface area contributed by atoms with E-state index in [0.29, 0.717) is 9.23 Å². The Morgan fingerprint density at radius 1 is 1.29 bits per heavy atom. The van der Waals surface area contributed by atoms with Gasteiger partial charge in [0.2, 0.25) is 0 Å². The molecule has 1 aromatic carbocycles. The molecule has 2 rings (SSSR count). The van der Waals surface area contributed by atoms with Crippen molar-refractivity contribution in [3.8, 4) is 0 Å². The smallest absolute Gasteiger partial charge is 0.265 e. The highest BCUT2D eigenvalue weighted by molar-refractivity contribution is 8.26. The molecule has 0 aromatic heterocycles. The van der Waals surface area contributed by atoms with E-state index >= 15 is 0 Å². The maximum Gasteiger partial charge on any atom is 0.265 e. The summed E-state index contributed by atoms with van der Waals surface area (Å²) in [5.41, 5.74) is 1.11. The molecule has 0 radical (unpaired) electrons. The highest BCUT2D eigenvalue weighted by Gasteiger charge is 2.27. The SMILES string of the molecule is CN1C(=O)/C(=C/C=C/c2ccccc2)SC1=S. The first kappa shape index (κ1) is 12.1. The highest BCUT2D eigenvalue weighted by Crippen LogP contribution is 2.29. The molecule has 1 amide bonds. The van der Waals surface area contributed by atoms with E-state index in [1.807, 2.05) is 42.5 Å². The van der Waals surface area contributed by atoms with Crippen molar-refractivity contribution in [1.29, 1.82) is 0 Å². The van der Waals surface area contributed by atoms with Gasteiger partial charge in [-0.15, -0.1) is 0 Å². The first-order valence-corrected chi connectivity index (χ1v) is 6.34. The third-order valence-electron chi connectivity index (χ3n) is 2.32. The van der Waals surface area contributed by atoms with Crippen molar-refractivity contribution in [1.82, 2.24) is 4.90 Å². The number of likely N-dealkylation sites (N-methyl/N-ethyl adjacent to an activating group) is 1. The van der Waals surface area contributed by atoms with Gasteiger partial charge in [-0.25, -0.2) is 0 Å². The minimum atomic E-state index is -0.0299. The van der Waals surface area contributed by atoms with Crippen LogP contribution in [-0.4, -0.2) is 22.2 Å². The molecular weight excluding hydrogens is 250 g/mol. The monoisotopic (exact) mass is 261 g/mol. The van der Waals surface area contributed by atoms with Crippen molar-refractivity contribution >= 4 is 40.3 Å². The van der Waals surface area contributed by atoms with Crippen LogP contribution in [0.4, 0.5) is 0 Å². The van der Waals surface area contributed by atoms with Crippen molar-refractivity contribution < 1.29 is 4.79 Å². The topological polar surface area (TPSA) is 20.3 Å². The number of rotatable bonds is 2. The van der Waals surface area contributed by atoms with E-state index in [2.05, 4.69) is 0 Å². The van der Waals surface area contributed by atoms with Gasteiger partial charge in [0.1, 0.15) is 4.32 Å². The van der Waals surface area contributed by atoms with Gasteiger partial charge < -0.3 is 0 Å². The molecule has 0 bridgehead atoms. The molecule has 0 atom stereocenters. The van der Waals surface area contributed by atoms with Crippen molar-refractivity contribution in [3.05, 3.63) is 53.0 Å². The van der Waals surface area contributed by atoms with Gasteiger partial charge in [0.25, 0.3) is 5.91 Å². The molecule has 0 aliphatic carbocycles. The lowest BCUT2D eigenvalue weighted by Crippen LogP contribution is -2.22. The number of nitrogens with zero attached hydrogens (tertiary/aromatic N) is 1. The first-order valence-electron chi connectivity index (χ1n) is 5.12. The lowest BCUT2D eigenvalue weighted by atomic mass is 10.2. The van der Waals surface area contributed by atoms with Gasteiger partial charge in [0.05, 0.1) is 4.91 Å². The average molecular weight is 261 g/mol. The quantitative estimate of drug-likeness (QED) is 0.603. The Morgan fingerprint density at radius 3 is 2.59 bits per heavy atom. The number of benzene rings is 1. The third kappa shape index (κ3) is 2.84. The van der Waals surface area contributed by atoms with Crippen LogP contribution in [0.2, 0.25) is 0 Å². The fourth-order valence-corrected chi connectivity index (χ4v) is 2.50. The summed E-state index contributed by atoms with van der Waals surface area (Å²) in [6, 6.07) is 9.95. The Hall–Kier alpha value is -1.39. The predicted octanol–water partition coefficient (Wildman–Crippen LogP) is 3.07. The molecule has 0 N–H and O–H groups in total. The van der Waals surface area contributed by atoms with E-state index in [1.165, 1.54) is 16.7 Å². The van der Waals surface area contributed by atoms with Crippen LogP contribution >= 0.6 is 24.0 Å². The number of allylic oxidation sites excluding steroid dienone is 2. The molecule has 4 heteroatoms. The van der Waals surface area contributed by atoms with Crippen LogP contribution in [0.3, 0.4) is 0 Å². The minimum absolute atomic E-state index is 0.0299. The highest BCUT2D eigenvalue weighted by atomic mass is 32.2. The van der Waals surface area contributed by atoms with Crippen molar-refractivity contribution in [2.75, 3.05) is 7.05 Å². The molecule has 17 heavy (non-hydrogen) atoms. The number of carbonyl (C=O) groups excluding carboxylic acids is 1. The molecule has 0 unspecified atom stereocenters. The molecule has 1 saturated heterocycles. The van der Waals surface area contributed by atoms with E-state index in [1.54, 1.807) is 13.1 Å². The van der Waals surface area contributed by atoms with Crippen molar-refractivity contribution in [3.63, 3.8) is 0 Å².